The van der Waals surface area contributed by atoms with Crippen molar-refractivity contribution in [2.45, 2.75) is 12.2 Å². The van der Waals surface area contributed by atoms with Gasteiger partial charge in [0, 0.05) is 5.92 Å². The lowest BCUT2D eigenvalue weighted by Crippen LogP contribution is -2.41. The van der Waals surface area contributed by atoms with Crippen LogP contribution >= 0.6 is 11.8 Å². The zero-order valence-electron chi connectivity index (χ0n) is 11.8. The number of fused-ring (bicyclic) bond motifs is 1. The normalized spacial score (nSPS) is 23.4. The largest absolute Gasteiger partial charge is 0.466 e. The topological polar surface area (TPSA) is 105 Å². The summed E-state index contributed by atoms with van der Waals surface area (Å²) in [6, 6.07) is 0. The van der Waals surface area contributed by atoms with Crippen LogP contribution in [-0.4, -0.2) is 44.0 Å². The number of carbonyl (C=O) groups excluding carboxylic acids is 3. The van der Waals surface area contributed by atoms with Crippen LogP contribution in [0.1, 0.15) is 6.92 Å². The minimum Gasteiger partial charge on any atom is -0.466 e. The van der Waals surface area contributed by atoms with Crippen molar-refractivity contribution in [2.75, 3.05) is 20.8 Å². The van der Waals surface area contributed by atoms with E-state index in [0.717, 1.165) is 11.8 Å². The van der Waals surface area contributed by atoms with E-state index >= 15 is 0 Å². The molecule has 7 nitrogen and oxygen atoms in total. The Hall–Kier alpha value is -1.96. The first-order chi connectivity index (χ1) is 9.97. The second-order valence-corrected chi connectivity index (χ2v) is 5.51. The fraction of sp³-hybridized carbons (Fsp3) is 0.462. The lowest BCUT2D eigenvalue weighted by atomic mass is 9.72. The molecule has 8 heteroatoms. The van der Waals surface area contributed by atoms with E-state index in [-0.39, 0.29) is 28.4 Å². The summed E-state index contributed by atoms with van der Waals surface area (Å²) in [5.41, 5.74) is 6.37. The summed E-state index contributed by atoms with van der Waals surface area (Å²) in [5, 5.41) is -0.158. The van der Waals surface area contributed by atoms with Gasteiger partial charge < -0.3 is 19.9 Å². The quantitative estimate of drug-likeness (QED) is 0.576. The fourth-order valence-electron chi connectivity index (χ4n) is 2.44. The molecule has 2 unspecified atom stereocenters. The highest BCUT2D eigenvalue weighted by atomic mass is 32.2. The molecule has 114 valence electrons. The van der Waals surface area contributed by atoms with Crippen molar-refractivity contribution >= 4 is 29.7 Å². The summed E-state index contributed by atoms with van der Waals surface area (Å²) in [4.78, 5) is 35.7. The number of carbonyl (C=O) groups is 3. The molecule has 2 N–H and O–H groups in total. The molecule has 0 radical (unpaired) electrons. The molecule has 2 atom stereocenters. The zero-order chi connectivity index (χ0) is 15.7. The average Bonchev–Trinajstić information content (AvgIpc) is 2.73. The van der Waals surface area contributed by atoms with Crippen LogP contribution in [0.3, 0.4) is 0 Å². The van der Waals surface area contributed by atoms with Crippen molar-refractivity contribution in [3.05, 3.63) is 21.7 Å². The second-order valence-electron chi connectivity index (χ2n) is 4.33. The molecular formula is C13H15NO6S. The standard InChI is InChI=1S/C13H15NO6S/c1-4-20-13(17)8-5-6(11(15)18-2)7(12(16)19-3)9(5)21-10(8)14/h5,9H,4,14H2,1-3H3. The predicted molar refractivity (Wildman–Crippen MR) is 73.8 cm³/mol. The van der Waals surface area contributed by atoms with E-state index in [9.17, 15) is 14.4 Å². The molecule has 0 bridgehead atoms. The summed E-state index contributed by atoms with van der Waals surface area (Å²) in [6.45, 7) is 1.87. The van der Waals surface area contributed by atoms with Gasteiger partial charge >= 0.3 is 17.9 Å². The fourth-order valence-corrected chi connectivity index (χ4v) is 3.80. The van der Waals surface area contributed by atoms with Gasteiger partial charge in [-0.2, -0.15) is 0 Å². The number of nitrogens with two attached hydrogens (primary N) is 1. The molecule has 2 rings (SSSR count). The summed E-state index contributed by atoms with van der Waals surface area (Å²) >= 11 is 1.15. The van der Waals surface area contributed by atoms with E-state index in [4.69, 9.17) is 10.5 Å². The molecule has 0 saturated carbocycles. The molecular weight excluding hydrogens is 298 g/mol. The van der Waals surface area contributed by atoms with Crippen LogP contribution < -0.4 is 5.73 Å². The summed E-state index contributed by atoms with van der Waals surface area (Å²) < 4.78 is 14.3. The Kier molecular flexibility index (Phi) is 4.26. The van der Waals surface area contributed by atoms with Gasteiger partial charge in [0.1, 0.15) is 0 Å². The molecule has 2 aliphatic rings. The number of hydrogen-bond acceptors (Lipinski definition) is 8. The second kappa shape index (κ2) is 5.80. The highest BCUT2D eigenvalue weighted by Gasteiger charge is 2.56. The Morgan fingerprint density at radius 1 is 1.05 bits per heavy atom. The van der Waals surface area contributed by atoms with E-state index in [1.807, 2.05) is 0 Å². The summed E-state index contributed by atoms with van der Waals surface area (Å²) in [5.74, 6) is -2.47. The van der Waals surface area contributed by atoms with Crippen LogP contribution in [0.25, 0.3) is 0 Å². The molecule has 0 aromatic carbocycles. The smallest absolute Gasteiger partial charge is 0.337 e. The first-order valence-electron chi connectivity index (χ1n) is 6.21. The van der Waals surface area contributed by atoms with Crippen LogP contribution in [-0.2, 0) is 28.6 Å². The van der Waals surface area contributed by atoms with Crippen LogP contribution in [0.5, 0.6) is 0 Å². The highest BCUT2D eigenvalue weighted by molar-refractivity contribution is 8.04. The van der Waals surface area contributed by atoms with Gasteiger partial charge in [-0.05, 0) is 6.92 Å². The summed E-state index contributed by atoms with van der Waals surface area (Å²) in [6.07, 6.45) is 0. The molecule has 1 heterocycles. The first kappa shape index (κ1) is 15.4. The molecule has 0 fully saturated rings. The van der Waals surface area contributed by atoms with Crippen molar-refractivity contribution in [1.82, 2.24) is 0 Å². The number of rotatable bonds is 4. The van der Waals surface area contributed by atoms with Gasteiger partial charge in [-0.1, -0.05) is 11.8 Å². The molecule has 0 saturated heterocycles. The monoisotopic (exact) mass is 313 g/mol. The summed E-state index contributed by atoms with van der Waals surface area (Å²) in [7, 11) is 2.43. The number of hydrogen-bond donors (Lipinski definition) is 1. The van der Waals surface area contributed by atoms with E-state index < -0.39 is 29.1 Å². The number of ether oxygens (including phenoxy) is 3. The van der Waals surface area contributed by atoms with E-state index in [0.29, 0.717) is 0 Å². The maximum Gasteiger partial charge on any atom is 0.337 e. The molecule has 0 aromatic heterocycles. The third-order valence-corrected chi connectivity index (χ3v) is 4.56. The third-order valence-electron chi connectivity index (χ3n) is 3.32. The van der Waals surface area contributed by atoms with E-state index in [2.05, 4.69) is 9.47 Å². The number of methoxy groups -OCH3 is 2. The molecule has 0 spiro atoms. The van der Waals surface area contributed by atoms with Crippen molar-refractivity contribution < 1.29 is 28.6 Å². The molecule has 1 aliphatic carbocycles. The predicted octanol–water partition coefficient (Wildman–Crippen LogP) is 0.108. The maximum atomic E-state index is 12.0. The van der Waals surface area contributed by atoms with E-state index in [1.165, 1.54) is 14.2 Å². The van der Waals surface area contributed by atoms with Crippen molar-refractivity contribution in [3.8, 4) is 0 Å². The van der Waals surface area contributed by atoms with Gasteiger partial charge in [0.05, 0.1) is 47.8 Å². The maximum absolute atomic E-state index is 12.0. The Balaban J connectivity index is 2.42. The van der Waals surface area contributed by atoms with Gasteiger partial charge in [0.25, 0.3) is 0 Å². The molecule has 21 heavy (non-hydrogen) atoms. The minimum atomic E-state index is -0.672. The highest BCUT2D eigenvalue weighted by Crippen LogP contribution is 2.55. The third kappa shape index (κ3) is 2.29. The van der Waals surface area contributed by atoms with Gasteiger partial charge in [-0.3, -0.25) is 0 Å². The van der Waals surface area contributed by atoms with Crippen LogP contribution in [0.15, 0.2) is 21.7 Å². The Bertz CT molecular complexity index is 579. The Morgan fingerprint density at radius 3 is 2.14 bits per heavy atom. The van der Waals surface area contributed by atoms with Crippen molar-refractivity contribution in [2.24, 2.45) is 11.7 Å². The lowest BCUT2D eigenvalue weighted by Gasteiger charge is -2.34. The molecule has 0 amide bonds. The van der Waals surface area contributed by atoms with Crippen molar-refractivity contribution in [3.63, 3.8) is 0 Å². The van der Waals surface area contributed by atoms with Gasteiger partial charge in [-0.25, -0.2) is 14.4 Å². The van der Waals surface area contributed by atoms with Crippen LogP contribution in [0.4, 0.5) is 0 Å². The number of esters is 3. The lowest BCUT2D eigenvalue weighted by molar-refractivity contribution is -0.142. The van der Waals surface area contributed by atoms with Crippen molar-refractivity contribution in [1.29, 1.82) is 0 Å². The molecule has 1 aliphatic heterocycles. The first-order valence-corrected chi connectivity index (χ1v) is 7.09. The van der Waals surface area contributed by atoms with Gasteiger partial charge in [0.15, 0.2) is 0 Å². The van der Waals surface area contributed by atoms with Crippen LogP contribution in [0.2, 0.25) is 0 Å². The average molecular weight is 313 g/mol. The van der Waals surface area contributed by atoms with E-state index in [1.54, 1.807) is 6.92 Å². The van der Waals surface area contributed by atoms with Gasteiger partial charge in [-0.15, -0.1) is 0 Å². The Morgan fingerprint density at radius 2 is 1.62 bits per heavy atom. The zero-order valence-corrected chi connectivity index (χ0v) is 12.6. The van der Waals surface area contributed by atoms with Gasteiger partial charge in [0.2, 0.25) is 0 Å². The van der Waals surface area contributed by atoms with Crippen LogP contribution in [0, 0.1) is 5.92 Å². The Labute approximate surface area is 125 Å². The number of thioether (sulfide) groups is 1. The SMILES string of the molecule is CCOC(=O)C1=C(N)SC2C(C(=O)OC)=C(C(=O)OC)C12. The molecule has 0 aromatic rings. The minimum absolute atomic E-state index is 0.116.